The third-order valence-electron chi connectivity index (χ3n) is 7.27. The molecule has 0 atom stereocenters. The molecule has 1 aromatic heterocycles. The van der Waals surface area contributed by atoms with E-state index in [-0.39, 0.29) is 23.8 Å². The van der Waals surface area contributed by atoms with Crippen LogP contribution in [-0.2, 0) is 6.61 Å². The molecule has 0 spiro atoms. The van der Waals surface area contributed by atoms with Gasteiger partial charge >= 0.3 is 0 Å². The molecule has 1 heterocycles. The fraction of sp³-hybridized carbons (Fsp3) is 0.206. The third kappa shape index (κ3) is 6.00. The minimum absolute atomic E-state index is 0.00304. The Morgan fingerprint density at radius 3 is 2.39 bits per heavy atom. The molecule has 0 N–H and O–H groups in total. The number of rotatable bonds is 10. The zero-order chi connectivity index (χ0) is 31.4. The Hall–Kier alpha value is -5.51. The molecule has 0 saturated heterocycles. The number of para-hydroxylation sites is 2. The van der Waals surface area contributed by atoms with Crippen molar-refractivity contribution in [2.75, 3.05) is 14.2 Å². The standard InChI is InChI=1S/C34H32N4O6/c1-21(2)27-18-28(22(3)17-31(27)43-5)33-36-29-11-7-6-10-26(29)34(39)37(33)35-19-24-9-8-12-30(42-4)32(24)44-20-23-13-15-25(16-14-23)38(40)41/h6-19,21H,20H2,1-5H3. The highest BCUT2D eigenvalue weighted by atomic mass is 16.6. The first-order chi connectivity index (χ1) is 21.2. The van der Waals surface area contributed by atoms with Gasteiger partial charge in [0.1, 0.15) is 12.4 Å². The van der Waals surface area contributed by atoms with Crippen molar-refractivity contribution in [3.63, 3.8) is 0 Å². The number of benzene rings is 4. The van der Waals surface area contributed by atoms with E-state index in [0.717, 1.165) is 28.0 Å². The van der Waals surface area contributed by atoms with Crippen LogP contribution in [0.15, 0.2) is 88.8 Å². The SMILES string of the molecule is COc1cc(C)c(-c2nc3ccccc3c(=O)n2N=Cc2cccc(OC)c2OCc2ccc([N+](=O)[O-])cc2)cc1C(C)C. The largest absolute Gasteiger partial charge is 0.496 e. The zero-order valence-electron chi connectivity index (χ0n) is 25.1. The van der Waals surface area contributed by atoms with Crippen LogP contribution in [0.25, 0.3) is 22.3 Å². The highest BCUT2D eigenvalue weighted by molar-refractivity contribution is 5.86. The van der Waals surface area contributed by atoms with E-state index in [1.54, 1.807) is 49.6 Å². The van der Waals surface area contributed by atoms with Crippen LogP contribution in [0.4, 0.5) is 5.69 Å². The lowest BCUT2D eigenvalue weighted by atomic mass is 9.96. The molecule has 0 aliphatic heterocycles. The van der Waals surface area contributed by atoms with E-state index in [4.69, 9.17) is 19.2 Å². The summed E-state index contributed by atoms with van der Waals surface area (Å²) < 4.78 is 18.6. The topological polar surface area (TPSA) is 118 Å². The van der Waals surface area contributed by atoms with Gasteiger partial charge in [-0.05, 0) is 78.1 Å². The van der Waals surface area contributed by atoms with Crippen molar-refractivity contribution < 1.29 is 19.1 Å². The van der Waals surface area contributed by atoms with Crippen molar-refractivity contribution in [1.82, 2.24) is 9.66 Å². The number of aryl methyl sites for hydroxylation is 1. The second-order valence-electron chi connectivity index (χ2n) is 10.5. The maximum Gasteiger partial charge on any atom is 0.282 e. The van der Waals surface area contributed by atoms with Crippen LogP contribution >= 0.6 is 0 Å². The van der Waals surface area contributed by atoms with Crippen molar-refractivity contribution in [3.05, 3.63) is 122 Å². The van der Waals surface area contributed by atoms with E-state index in [1.165, 1.54) is 30.1 Å². The van der Waals surface area contributed by atoms with Crippen LogP contribution in [0.1, 0.15) is 42.0 Å². The lowest BCUT2D eigenvalue weighted by molar-refractivity contribution is -0.384. The summed E-state index contributed by atoms with van der Waals surface area (Å²) in [7, 11) is 3.17. The summed E-state index contributed by atoms with van der Waals surface area (Å²) in [5, 5.41) is 16.1. The molecule has 5 aromatic rings. The Morgan fingerprint density at radius 2 is 1.70 bits per heavy atom. The average molecular weight is 593 g/mol. The first-order valence-corrected chi connectivity index (χ1v) is 14.0. The van der Waals surface area contributed by atoms with Crippen molar-refractivity contribution in [1.29, 1.82) is 0 Å². The van der Waals surface area contributed by atoms with Crippen LogP contribution in [0.5, 0.6) is 17.2 Å². The molecular weight excluding hydrogens is 560 g/mol. The molecule has 0 saturated carbocycles. The molecule has 5 rings (SSSR count). The van der Waals surface area contributed by atoms with E-state index in [2.05, 4.69) is 18.9 Å². The van der Waals surface area contributed by atoms with E-state index in [0.29, 0.717) is 33.8 Å². The Balaban J connectivity index is 1.61. The Morgan fingerprint density at radius 1 is 0.977 bits per heavy atom. The molecule has 0 amide bonds. The maximum absolute atomic E-state index is 13.9. The highest BCUT2D eigenvalue weighted by Gasteiger charge is 2.19. The van der Waals surface area contributed by atoms with Gasteiger partial charge in [-0.2, -0.15) is 9.78 Å². The molecule has 0 fully saturated rings. The molecule has 224 valence electrons. The average Bonchev–Trinajstić information content (AvgIpc) is 3.03. The van der Waals surface area contributed by atoms with E-state index in [9.17, 15) is 14.9 Å². The number of methoxy groups -OCH3 is 2. The second-order valence-corrected chi connectivity index (χ2v) is 10.5. The number of hydrogen-bond acceptors (Lipinski definition) is 8. The first kappa shape index (κ1) is 30.0. The predicted molar refractivity (Wildman–Crippen MR) is 170 cm³/mol. The van der Waals surface area contributed by atoms with E-state index in [1.807, 2.05) is 31.2 Å². The smallest absolute Gasteiger partial charge is 0.282 e. The molecule has 0 unspecified atom stereocenters. The predicted octanol–water partition coefficient (Wildman–Crippen LogP) is 6.88. The number of fused-ring (bicyclic) bond motifs is 1. The second kappa shape index (κ2) is 12.8. The summed E-state index contributed by atoms with van der Waals surface area (Å²) in [6.45, 7) is 6.24. The molecule has 10 heteroatoms. The van der Waals surface area contributed by atoms with Crippen LogP contribution in [0.2, 0.25) is 0 Å². The fourth-order valence-electron chi connectivity index (χ4n) is 4.91. The summed E-state index contributed by atoms with van der Waals surface area (Å²) in [4.78, 5) is 29.3. The highest BCUT2D eigenvalue weighted by Crippen LogP contribution is 2.35. The minimum atomic E-state index is -0.450. The van der Waals surface area contributed by atoms with Gasteiger partial charge < -0.3 is 14.2 Å². The van der Waals surface area contributed by atoms with Gasteiger partial charge in [0, 0.05) is 23.3 Å². The number of hydrogen-bond donors (Lipinski definition) is 0. The Labute approximate surface area is 254 Å². The normalized spacial score (nSPS) is 11.3. The lowest BCUT2D eigenvalue weighted by Crippen LogP contribution is -2.21. The summed E-state index contributed by atoms with van der Waals surface area (Å²) >= 11 is 0. The van der Waals surface area contributed by atoms with Crippen molar-refractivity contribution >= 4 is 22.8 Å². The summed E-state index contributed by atoms with van der Waals surface area (Å²) in [5.41, 5.74) is 4.16. The molecule has 44 heavy (non-hydrogen) atoms. The van der Waals surface area contributed by atoms with Crippen molar-refractivity contribution in [2.24, 2.45) is 5.10 Å². The van der Waals surface area contributed by atoms with Crippen LogP contribution < -0.4 is 19.8 Å². The van der Waals surface area contributed by atoms with E-state index < -0.39 is 4.92 Å². The summed E-state index contributed by atoms with van der Waals surface area (Å²) in [6, 6.07) is 22.6. The van der Waals surface area contributed by atoms with Crippen LogP contribution in [0, 0.1) is 17.0 Å². The van der Waals surface area contributed by atoms with Gasteiger partial charge in [0.25, 0.3) is 11.2 Å². The van der Waals surface area contributed by atoms with Gasteiger partial charge in [-0.3, -0.25) is 14.9 Å². The Kier molecular flexibility index (Phi) is 8.71. The zero-order valence-corrected chi connectivity index (χ0v) is 25.1. The number of non-ortho nitro benzene ring substituents is 1. The lowest BCUT2D eigenvalue weighted by Gasteiger charge is -2.17. The fourth-order valence-corrected chi connectivity index (χ4v) is 4.91. The molecular formula is C34H32N4O6. The quantitative estimate of drug-likeness (QED) is 0.0985. The number of nitro groups is 1. The molecule has 0 bridgehead atoms. The molecule has 10 nitrogen and oxygen atoms in total. The number of nitro benzene ring substituents is 1. The van der Waals surface area contributed by atoms with Gasteiger partial charge in [0.15, 0.2) is 17.3 Å². The van der Waals surface area contributed by atoms with Gasteiger partial charge in [0.2, 0.25) is 0 Å². The van der Waals surface area contributed by atoms with Crippen molar-refractivity contribution in [2.45, 2.75) is 33.3 Å². The number of ether oxygens (including phenoxy) is 3. The third-order valence-corrected chi connectivity index (χ3v) is 7.27. The van der Waals surface area contributed by atoms with Crippen molar-refractivity contribution in [3.8, 4) is 28.6 Å². The number of aromatic nitrogens is 2. The maximum atomic E-state index is 13.9. The first-order valence-electron chi connectivity index (χ1n) is 14.0. The molecule has 4 aromatic carbocycles. The summed E-state index contributed by atoms with van der Waals surface area (Å²) in [6.07, 6.45) is 1.54. The minimum Gasteiger partial charge on any atom is -0.496 e. The van der Waals surface area contributed by atoms with E-state index >= 15 is 0 Å². The molecule has 0 aliphatic rings. The Bertz CT molecular complexity index is 1930. The van der Waals surface area contributed by atoms with Crippen LogP contribution in [-0.4, -0.2) is 35.0 Å². The van der Waals surface area contributed by atoms with Gasteiger partial charge in [-0.1, -0.05) is 32.0 Å². The van der Waals surface area contributed by atoms with Gasteiger partial charge in [-0.25, -0.2) is 4.98 Å². The molecule has 0 aliphatic carbocycles. The molecule has 0 radical (unpaired) electrons. The van der Waals surface area contributed by atoms with Gasteiger partial charge in [0.05, 0.1) is 36.3 Å². The monoisotopic (exact) mass is 592 g/mol. The van der Waals surface area contributed by atoms with Gasteiger partial charge in [-0.15, -0.1) is 0 Å². The summed E-state index contributed by atoms with van der Waals surface area (Å²) in [5.74, 6) is 2.20. The number of nitrogens with zero attached hydrogens (tertiary/aromatic N) is 4. The van der Waals surface area contributed by atoms with Crippen LogP contribution in [0.3, 0.4) is 0 Å².